The number of aliphatic hydroxyl groups excluding tert-OH is 1. The smallest absolute Gasteiger partial charge is 0.276 e. The summed E-state index contributed by atoms with van der Waals surface area (Å²) in [5, 5.41) is 22.8. The standard InChI is InChI=1S/C25H28F2N4O5/c26-16-6-5-14(18(27)9-16)10-28-24(35)17-12-30-13-20-29(7-8-32)11-15-3-1-2-4-19(15)31(20)25(36)21(30)23(34)22(17)33/h5-6,9,12,15,19-20,32,34H,1-4,7-8,10-11,13H2,(H,28,35). The van der Waals surface area contributed by atoms with Gasteiger partial charge in [0.1, 0.15) is 23.4 Å². The Hall–Kier alpha value is -3.31. The number of amides is 2. The molecule has 5 rings (SSSR count). The SMILES string of the molecule is O=C(NCc1ccc(F)cc1F)c1cn2c(c(O)c1=O)C(=O)N1C3CCCCC3CN(CCO)C1C2. The van der Waals surface area contributed by atoms with Gasteiger partial charge in [-0.15, -0.1) is 0 Å². The highest BCUT2D eigenvalue weighted by molar-refractivity contribution is 5.99. The minimum Gasteiger partial charge on any atom is -0.503 e. The minimum absolute atomic E-state index is 0.0111. The molecule has 2 aliphatic heterocycles. The van der Waals surface area contributed by atoms with Crippen molar-refractivity contribution in [2.75, 3.05) is 19.7 Å². The first-order chi connectivity index (χ1) is 17.3. The fourth-order valence-corrected chi connectivity index (χ4v) is 5.86. The van der Waals surface area contributed by atoms with Gasteiger partial charge in [-0.2, -0.15) is 0 Å². The van der Waals surface area contributed by atoms with Gasteiger partial charge < -0.3 is 25.0 Å². The molecule has 3 heterocycles. The number of nitrogens with zero attached hydrogens (tertiary/aromatic N) is 3. The number of aromatic hydroxyl groups is 1. The molecule has 2 aromatic rings. The third-order valence-electron chi connectivity index (χ3n) is 7.58. The van der Waals surface area contributed by atoms with Crippen molar-refractivity contribution in [1.82, 2.24) is 19.7 Å². The van der Waals surface area contributed by atoms with E-state index in [1.807, 2.05) is 4.90 Å². The Kier molecular flexibility index (Phi) is 6.52. The topological polar surface area (TPSA) is 115 Å². The number of halogens is 2. The summed E-state index contributed by atoms with van der Waals surface area (Å²) in [6.45, 7) is 0.944. The van der Waals surface area contributed by atoms with Crippen LogP contribution in [-0.4, -0.2) is 68.3 Å². The van der Waals surface area contributed by atoms with Gasteiger partial charge in [-0.05, 0) is 24.8 Å². The molecule has 1 saturated heterocycles. The van der Waals surface area contributed by atoms with Crippen molar-refractivity contribution in [1.29, 1.82) is 0 Å². The van der Waals surface area contributed by atoms with Crippen LogP contribution in [-0.2, 0) is 13.1 Å². The molecule has 192 valence electrons. The maximum Gasteiger partial charge on any atom is 0.276 e. The van der Waals surface area contributed by atoms with Crippen LogP contribution in [0.4, 0.5) is 8.78 Å². The number of pyridine rings is 1. The summed E-state index contributed by atoms with van der Waals surface area (Å²) in [6, 6.07) is 2.92. The zero-order valence-corrected chi connectivity index (χ0v) is 19.6. The van der Waals surface area contributed by atoms with Gasteiger partial charge in [0.05, 0.1) is 13.2 Å². The highest BCUT2D eigenvalue weighted by atomic mass is 19.1. The molecule has 1 saturated carbocycles. The third-order valence-corrected chi connectivity index (χ3v) is 7.58. The average Bonchev–Trinajstić information content (AvgIpc) is 2.85. The first-order valence-corrected chi connectivity index (χ1v) is 12.2. The molecule has 2 fully saturated rings. The van der Waals surface area contributed by atoms with Crippen LogP contribution in [0, 0.1) is 17.6 Å². The van der Waals surface area contributed by atoms with Crippen molar-refractivity contribution < 1.29 is 28.6 Å². The molecule has 9 nitrogen and oxygen atoms in total. The number of nitrogens with one attached hydrogen (secondary N) is 1. The van der Waals surface area contributed by atoms with Crippen LogP contribution in [0.5, 0.6) is 5.75 Å². The lowest BCUT2D eigenvalue weighted by molar-refractivity contribution is -0.0773. The van der Waals surface area contributed by atoms with Gasteiger partial charge in [0.2, 0.25) is 5.43 Å². The number of hydrogen-bond donors (Lipinski definition) is 3. The van der Waals surface area contributed by atoms with Gasteiger partial charge >= 0.3 is 0 Å². The number of fused-ring (bicyclic) bond motifs is 4. The molecule has 1 aromatic carbocycles. The fraction of sp³-hybridized carbons (Fsp3) is 0.480. The molecular weight excluding hydrogens is 474 g/mol. The maximum atomic E-state index is 13.9. The number of β-amino-alcohol motifs (C(OH)–C–C–N with tert-alkyl or cyclic N) is 1. The molecule has 1 aromatic heterocycles. The zero-order chi connectivity index (χ0) is 25.6. The minimum atomic E-state index is -0.991. The fourth-order valence-electron chi connectivity index (χ4n) is 5.86. The number of aliphatic hydroxyl groups is 1. The van der Waals surface area contributed by atoms with Crippen LogP contribution in [0.1, 0.15) is 52.1 Å². The van der Waals surface area contributed by atoms with E-state index in [2.05, 4.69) is 5.32 Å². The molecule has 36 heavy (non-hydrogen) atoms. The number of rotatable bonds is 5. The first-order valence-electron chi connectivity index (χ1n) is 12.2. The zero-order valence-electron chi connectivity index (χ0n) is 19.6. The van der Waals surface area contributed by atoms with Crippen LogP contribution in [0.3, 0.4) is 0 Å². The molecule has 3 aliphatic rings. The summed E-state index contributed by atoms with van der Waals surface area (Å²) in [5.74, 6) is -3.47. The summed E-state index contributed by atoms with van der Waals surface area (Å²) < 4.78 is 28.5. The van der Waals surface area contributed by atoms with E-state index in [1.54, 1.807) is 4.90 Å². The molecule has 3 unspecified atom stereocenters. The van der Waals surface area contributed by atoms with Crippen molar-refractivity contribution in [2.24, 2.45) is 5.92 Å². The van der Waals surface area contributed by atoms with Gasteiger partial charge in [0.15, 0.2) is 11.4 Å². The van der Waals surface area contributed by atoms with E-state index in [0.717, 1.165) is 38.3 Å². The normalized spacial score (nSPS) is 23.6. The molecule has 11 heteroatoms. The van der Waals surface area contributed by atoms with Gasteiger partial charge in [-0.3, -0.25) is 19.3 Å². The lowest BCUT2D eigenvalue weighted by atomic mass is 9.80. The summed E-state index contributed by atoms with van der Waals surface area (Å²) in [4.78, 5) is 43.1. The highest BCUT2D eigenvalue weighted by Crippen LogP contribution is 2.39. The van der Waals surface area contributed by atoms with Gasteiger partial charge in [0.25, 0.3) is 11.8 Å². The quantitative estimate of drug-likeness (QED) is 0.570. The number of benzene rings is 1. The molecule has 2 amide bonds. The Balaban J connectivity index is 1.46. The Bertz CT molecular complexity index is 1270. The van der Waals surface area contributed by atoms with Crippen LogP contribution in [0.15, 0.2) is 29.2 Å². The van der Waals surface area contributed by atoms with E-state index in [0.29, 0.717) is 12.6 Å². The van der Waals surface area contributed by atoms with Crippen LogP contribution < -0.4 is 10.7 Å². The highest BCUT2D eigenvalue weighted by Gasteiger charge is 2.48. The summed E-state index contributed by atoms with van der Waals surface area (Å²) in [5.41, 5.74) is -1.51. The average molecular weight is 503 g/mol. The Morgan fingerprint density at radius 3 is 2.67 bits per heavy atom. The van der Waals surface area contributed by atoms with E-state index in [9.17, 15) is 33.4 Å². The largest absolute Gasteiger partial charge is 0.503 e. The molecule has 1 aliphatic carbocycles. The van der Waals surface area contributed by atoms with Crippen LogP contribution in [0.2, 0.25) is 0 Å². The third kappa shape index (κ3) is 4.16. The van der Waals surface area contributed by atoms with E-state index in [4.69, 9.17) is 0 Å². The van der Waals surface area contributed by atoms with Crippen LogP contribution >= 0.6 is 0 Å². The second-order valence-corrected chi connectivity index (χ2v) is 9.66. The number of carbonyl (C=O) groups is 2. The van der Waals surface area contributed by atoms with E-state index < -0.39 is 34.6 Å². The van der Waals surface area contributed by atoms with Crippen molar-refractivity contribution in [3.05, 3.63) is 63.1 Å². The number of carbonyl (C=O) groups excluding carboxylic acids is 2. The van der Waals surface area contributed by atoms with Crippen molar-refractivity contribution >= 4 is 11.8 Å². The second kappa shape index (κ2) is 9.62. The van der Waals surface area contributed by atoms with Gasteiger partial charge in [-0.1, -0.05) is 18.9 Å². The molecule has 3 atom stereocenters. The lowest BCUT2D eigenvalue weighted by Crippen LogP contribution is -2.68. The molecule has 0 spiro atoms. The molecule has 0 bridgehead atoms. The summed E-state index contributed by atoms with van der Waals surface area (Å²) >= 11 is 0. The van der Waals surface area contributed by atoms with E-state index >= 15 is 0 Å². The Morgan fingerprint density at radius 1 is 1.14 bits per heavy atom. The van der Waals surface area contributed by atoms with Crippen molar-refractivity contribution in [3.63, 3.8) is 0 Å². The monoisotopic (exact) mass is 502 g/mol. The van der Waals surface area contributed by atoms with Crippen molar-refractivity contribution in [3.8, 4) is 5.75 Å². The Morgan fingerprint density at radius 2 is 1.92 bits per heavy atom. The summed E-state index contributed by atoms with van der Waals surface area (Å²) in [7, 11) is 0. The summed E-state index contributed by atoms with van der Waals surface area (Å²) in [6.07, 6.45) is 4.73. The maximum absolute atomic E-state index is 13.9. The first kappa shape index (κ1) is 24.4. The molecule has 0 radical (unpaired) electrons. The Labute approximate surface area is 205 Å². The lowest BCUT2D eigenvalue weighted by Gasteiger charge is -2.55. The van der Waals surface area contributed by atoms with Crippen molar-refractivity contribution in [2.45, 2.75) is 51.0 Å². The molecule has 3 N–H and O–H groups in total. The van der Waals surface area contributed by atoms with E-state index in [-0.39, 0.29) is 54.6 Å². The molecular formula is C25H28F2N4O5. The predicted octanol–water partition coefficient (Wildman–Crippen LogP) is 1.41. The van der Waals surface area contributed by atoms with Crippen LogP contribution in [0.25, 0.3) is 0 Å². The van der Waals surface area contributed by atoms with Gasteiger partial charge in [0, 0.05) is 43.5 Å². The number of hydrogen-bond acceptors (Lipinski definition) is 6. The second-order valence-electron chi connectivity index (χ2n) is 9.66. The van der Waals surface area contributed by atoms with Gasteiger partial charge in [-0.25, -0.2) is 8.78 Å². The predicted molar refractivity (Wildman–Crippen MR) is 124 cm³/mol. The number of aromatic nitrogens is 1. The van der Waals surface area contributed by atoms with E-state index in [1.165, 1.54) is 16.8 Å².